The van der Waals surface area contributed by atoms with Gasteiger partial charge in [-0.15, -0.1) is 0 Å². The van der Waals surface area contributed by atoms with Crippen molar-refractivity contribution >= 4 is 23.2 Å². The summed E-state index contributed by atoms with van der Waals surface area (Å²) in [5.41, 5.74) is 1.09. The van der Waals surface area contributed by atoms with E-state index in [1.807, 2.05) is 20.8 Å². The standard InChI is InChI=1S/C17H25N3O3/c1-12(20-8-9-23-17(3,4)11-20)16(22)19-15-7-5-6-14(10-15)18-13(2)21/h5-7,10,12H,8-9,11H2,1-4H3,(H,18,21)(H,19,22). The molecule has 2 N–H and O–H groups in total. The van der Waals surface area contributed by atoms with Crippen LogP contribution in [0.25, 0.3) is 0 Å². The van der Waals surface area contributed by atoms with Crippen LogP contribution in [0.4, 0.5) is 11.4 Å². The van der Waals surface area contributed by atoms with Gasteiger partial charge in [-0.2, -0.15) is 0 Å². The van der Waals surface area contributed by atoms with E-state index in [-0.39, 0.29) is 23.5 Å². The average molecular weight is 319 g/mol. The Labute approximate surface area is 137 Å². The van der Waals surface area contributed by atoms with Gasteiger partial charge in [0.2, 0.25) is 11.8 Å². The molecule has 1 aromatic carbocycles. The highest BCUT2D eigenvalue weighted by molar-refractivity contribution is 5.96. The molecule has 6 heteroatoms. The molecule has 0 aromatic heterocycles. The van der Waals surface area contributed by atoms with Crippen LogP contribution in [-0.2, 0) is 14.3 Å². The smallest absolute Gasteiger partial charge is 0.241 e. The number of benzene rings is 1. The number of amides is 2. The summed E-state index contributed by atoms with van der Waals surface area (Å²) in [7, 11) is 0. The van der Waals surface area contributed by atoms with E-state index in [4.69, 9.17) is 4.74 Å². The molecule has 1 saturated heterocycles. The maximum Gasteiger partial charge on any atom is 0.241 e. The number of rotatable bonds is 4. The van der Waals surface area contributed by atoms with Crippen LogP contribution < -0.4 is 10.6 Å². The fourth-order valence-electron chi connectivity index (χ4n) is 2.67. The Hall–Kier alpha value is -1.92. The van der Waals surface area contributed by atoms with Gasteiger partial charge in [-0.25, -0.2) is 0 Å². The highest BCUT2D eigenvalue weighted by atomic mass is 16.5. The van der Waals surface area contributed by atoms with Crippen molar-refractivity contribution in [2.45, 2.75) is 39.3 Å². The predicted octanol–water partition coefficient (Wildman–Crippen LogP) is 2.08. The van der Waals surface area contributed by atoms with Crippen LogP contribution in [0, 0.1) is 0 Å². The lowest BCUT2D eigenvalue weighted by Gasteiger charge is -2.40. The monoisotopic (exact) mass is 319 g/mol. The molecule has 0 aliphatic carbocycles. The summed E-state index contributed by atoms with van der Waals surface area (Å²) >= 11 is 0. The third-order valence-electron chi connectivity index (χ3n) is 3.83. The first-order valence-corrected chi connectivity index (χ1v) is 7.83. The van der Waals surface area contributed by atoms with E-state index in [0.717, 1.165) is 6.54 Å². The summed E-state index contributed by atoms with van der Waals surface area (Å²) in [5.74, 6) is -0.208. The van der Waals surface area contributed by atoms with Gasteiger partial charge in [0.15, 0.2) is 0 Å². The fourth-order valence-corrected chi connectivity index (χ4v) is 2.67. The van der Waals surface area contributed by atoms with E-state index >= 15 is 0 Å². The Bertz CT molecular complexity index is 586. The molecule has 0 bridgehead atoms. The van der Waals surface area contributed by atoms with Crippen LogP contribution in [0.5, 0.6) is 0 Å². The number of hydrogen-bond acceptors (Lipinski definition) is 4. The maximum absolute atomic E-state index is 12.5. The zero-order valence-electron chi connectivity index (χ0n) is 14.2. The molecule has 2 amide bonds. The molecule has 1 aliphatic rings. The van der Waals surface area contributed by atoms with E-state index in [0.29, 0.717) is 24.5 Å². The summed E-state index contributed by atoms with van der Waals surface area (Å²) in [5, 5.41) is 5.61. The highest BCUT2D eigenvalue weighted by Crippen LogP contribution is 2.20. The molecule has 1 aliphatic heterocycles. The predicted molar refractivity (Wildman–Crippen MR) is 90.4 cm³/mol. The first kappa shape index (κ1) is 17.4. The Morgan fingerprint density at radius 2 is 1.91 bits per heavy atom. The van der Waals surface area contributed by atoms with Crippen molar-refractivity contribution in [3.8, 4) is 0 Å². The summed E-state index contributed by atoms with van der Waals surface area (Å²) < 4.78 is 5.68. The molecule has 1 atom stereocenters. The Morgan fingerprint density at radius 3 is 2.52 bits per heavy atom. The zero-order valence-corrected chi connectivity index (χ0v) is 14.2. The minimum Gasteiger partial charge on any atom is -0.373 e. The van der Waals surface area contributed by atoms with Crippen LogP contribution in [-0.4, -0.2) is 48.1 Å². The van der Waals surface area contributed by atoms with Crippen LogP contribution in [0.1, 0.15) is 27.7 Å². The Balaban J connectivity index is 1.99. The van der Waals surface area contributed by atoms with Gasteiger partial charge in [0.05, 0.1) is 18.2 Å². The normalized spacial score (nSPS) is 19.0. The van der Waals surface area contributed by atoms with E-state index in [1.54, 1.807) is 24.3 Å². The van der Waals surface area contributed by atoms with Gasteiger partial charge in [0.25, 0.3) is 0 Å². The van der Waals surface area contributed by atoms with Crippen LogP contribution in [0.15, 0.2) is 24.3 Å². The molecule has 6 nitrogen and oxygen atoms in total. The molecular weight excluding hydrogens is 294 g/mol. The average Bonchev–Trinajstić information content (AvgIpc) is 2.45. The second-order valence-corrected chi connectivity index (χ2v) is 6.51. The number of nitrogens with one attached hydrogen (secondary N) is 2. The maximum atomic E-state index is 12.5. The first-order chi connectivity index (χ1) is 10.8. The van der Waals surface area contributed by atoms with Crippen LogP contribution in [0.3, 0.4) is 0 Å². The third-order valence-corrected chi connectivity index (χ3v) is 3.83. The van der Waals surface area contributed by atoms with Gasteiger partial charge in [0, 0.05) is 31.4 Å². The van der Waals surface area contributed by atoms with Crippen molar-refractivity contribution in [1.82, 2.24) is 4.90 Å². The van der Waals surface area contributed by atoms with E-state index in [1.165, 1.54) is 6.92 Å². The van der Waals surface area contributed by atoms with Crippen molar-refractivity contribution in [2.75, 3.05) is 30.3 Å². The van der Waals surface area contributed by atoms with Crippen molar-refractivity contribution in [1.29, 1.82) is 0 Å². The number of anilines is 2. The molecule has 0 saturated carbocycles. The SMILES string of the molecule is CC(=O)Nc1cccc(NC(=O)C(C)N2CCOC(C)(C)C2)c1. The minimum absolute atomic E-state index is 0.0670. The lowest BCUT2D eigenvalue weighted by atomic mass is 10.1. The summed E-state index contributed by atoms with van der Waals surface area (Å²) in [4.78, 5) is 25.7. The molecule has 0 radical (unpaired) electrons. The van der Waals surface area contributed by atoms with E-state index in [9.17, 15) is 9.59 Å². The number of ether oxygens (including phenoxy) is 1. The lowest BCUT2D eigenvalue weighted by molar-refractivity contribution is -0.129. The molecule has 126 valence electrons. The zero-order chi connectivity index (χ0) is 17.0. The van der Waals surface area contributed by atoms with Crippen LogP contribution in [0.2, 0.25) is 0 Å². The molecule has 0 spiro atoms. The highest BCUT2D eigenvalue weighted by Gasteiger charge is 2.32. The van der Waals surface area contributed by atoms with Gasteiger partial charge < -0.3 is 15.4 Å². The van der Waals surface area contributed by atoms with Gasteiger partial charge in [-0.05, 0) is 39.0 Å². The van der Waals surface area contributed by atoms with Gasteiger partial charge in [-0.3, -0.25) is 14.5 Å². The quantitative estimate of drug-likeness (QED) is 0.891. The van der Waals surface area contributed by atoms with Crippen LogP contribution >= 0.6 is 0 Å². The van der Waals surface area contributed by atoms with E-state index in [2.05, 4.69) is 15.5 Å². The molecule has 1 aromatic rings. The third kappa shape index (κ3) is 5.04. The number of hydrogen-bond donors (Lipinski definition) is 2. The number of morpholine rings is 1. The molecule has 1 unspecified atom stereocenters. The van der Waals surface area contributed by atoms with Gasteiger partial charge in [0.1, 0.15) is 0 Å². The Kier molecular flexibility index (Phi) is 5.38. The molecule has 23 heavy (non-hydrogen) atoms. The molecule has 1 heterocycles. The first-order valence-electron chi connectivity index (χ1n) is 7.83. The second kappa shape index (κ2) is 7.10. The lowest BCUT2D eigenvalue weighted by Crippen LogP contribution is -2.54. The molecular formula is C17H25N3O3. The minimum atomic E-state index is -0.248. The fraction of sp³-hybridized carbons (Fsp3) is 0.529. The number of carbonyl (C=O) groups excluding carboxylic acids is 2. The summed E-state index contributed by atoms with van der Waals surface area (Å²) in [6.45, 7) is 9.49. The number of carbonyl (C=O) groups is 2. The largest absolute Gasteiger partial charge is 0.373 e. The summed E-state index contributed by atoms with van der Waals surface area (Å²) in [6.07, 6.45) is 0. The molecule has 1 fully saturated rings. The van der Waals surface area contributed by atoms with Crippen molar-refractivity contribution in [3.63, 3.8) is 0 Å². The van der Waals surface area contributed by atoms with Gasteiger partial charge >= 0.3 is 0 Å². The summed E-state index contributed by atoms with van der Waals surface area (Å²) in [6, 6.07) is 6.88. The van der Waals surface area contributed by atoms with Crippen molar-refractivity contribution in [3.05, 3.63) is 24.3 Å². The number of nitrogens with zero attached hydrogens (tertiary/aromatic N) is 1. The van der Waals surface area contributed by atoms with Gasteiger partial charge in [-0.1, -0.05) is 6.07 Å². The van der Waals surface area contributed by atoms with Crippen molar-refractivity contribution < 1.29 is 14.3 Å². The second-order valence-electron chi connectivity index (χ2n) is 6.51. The Morgan fingerprint density at radius 1 is 1.26 bits per heavy atom. The van der Waals surface area contributed by atoms with Crippen molar-refractivity contribution in [2.24, 2.45) is 0 Å². The topological polar surface area (TPSA) is 70.7 Å². The van der Waals surface area contributed by atoms with E-state index < -0.39 is 0 Å². The molecule has 2 rings (SSSR count).